The van der Waals surface area contributed by atoms with Gasteiger partial charge < -0.3 is 9.47 Å². The van der Waals surface area contributed by atoms with E-state index in [2.05, 4.69) is 0 Å². The predicted octanol–water partition coefficient (Wildman–Crippen LogP) is 3.12. The maximum absolute atomic E-state index is 12.4. The summed E-state index contributed by atoms with van der Waals surface area (Å²) < 4.78 is 10.6. The lowest BCUT2D eigenvalue weighted by atomic mass is 9.74. The van der Waals surface area contributed by atoms with Crippen LogP contribution in [-0.4, -0.2) is 19.7 Å². The van der Waals surface area contributed by atoms with Gasteiger partial charge in [0.25, 0.3) is 0 Å². The molecule has 1 fully saturated rings. The number of carbonyl (C=O) groups excluding carboxylic acids is 1. The zero-order valence-corrected chi connectivity index (χ0v) is 12.0. The Labute approximate surface area is 124 Å². The minimum atomic E-state index is -0.601. The SMILES string of the molecule is COc1cccc([C@]2(Cc3ccccc3)CCOC2=O)c1. The first-order chi connectivity index (χ1) is 10.2. The molecule has 21 heavy (non-hydrogen) atoms. The molecule has 3 rings (SSSR count). The first-order valence-corrected chi connectivity index (χ1v) is 7.10. The zero-order valence-electron chi connectivity index (χ0n) is 12.0. The quantitative estimate of drug-likeness (QED) is 0.808. The summed E-state index contributed by atoms with van der Waals surface area (Å²) in [6, 6.07) is 17.8. The van der Waals surface area contributed by atoms with Crippen molar-refractivity contribution in [2.45, 2.75) is 18.3 Å². The fourth-order valence-corrected chi connectivity index (χ4v) is 2.95. The van der Waals surface area contributed by atoms with Gasteiger partial charge in [0.2, 0.25) is 0 Å². The second-order valence-electron chi connectivity index (χ2n) is 5.36. The summed E-state index contributed by atoms with van der Waals surface area (Å²) in [5.74, 6) is 0.624. The highest BCUT2D eigenvalue weighted by Gasteiger charge is 2.46. The third-order valence-electron chi connectivity index (χ3n) is 4.12. The average Bonchev–Trinajstić information content (AvgIpc) is 2.90. The van der Waals surface area contributed by atoms with Gasteiger partial charge in [0, 0.05) is 6.42 Å². The van der Waals surface area contributed by atoms with E-state index in [0.717, 1.165) is 16.9 Å². The van der Waals surface area contributed by atoms with E-state index in [4.69, 9.17) is 9.47 Å². The molecule has 2 aromatic carbocycles. The standard InChI is InChI=1S/C18H18O3/c1-20-16-9-5-8-15(12-16)18(10-11-21-17(18)19)13-14-6-3-2-4-7-14/h2-9,12H,10-11,13H2,1H3/t18-/m1/s1. The highest BCUT2D eigenvalue weighted by Crippen LogP contribution is 2.38. The number of esters is 1. The molecule has 0 aromatic heterocycles. The van der Waals surface area contributed by atoms with E-state index in [0.29, 0.717) is 19.4 Å². The van der Waals surface area contributed by atoms with Crippen LogP contribution in [0.25, 0.3) is 0 Å². The van der Waals surface area contributed by atoms with Crippen LogP contribution >= 0.6 is 0 Å². The Morgan fingerprint density at radius 1 is 1.14 bits per heavy atom. The molecule has 0 aliphatic carbocycles. The molecule has 1 aliphatic heterocycles. The molecular weight excluding hydrogens is 264 g/mol. The number of methoxy groups -OCH3 is 1. The van der Waals surface area contributed by atoms with E-state index in [1.54, 1.807) is 7.11 Å². The number of carbonyl (C=O) groups is 1. The molecule has 0 spiro atoms. The number of hydrogen-bond donors (Lipinski definition) is 0. The van der Waals surface area contributed by atoms with Crippen molar-refractivity contribution in [3.63, 3.8) is 0 Å². The summed E-state index contributed by atoms with van der Waals surface area (Å²) in [6.07, 6.45) is 1.35. The van der Waals surface area contributed by atoms with Crippen LogP contribution in [0.15, 0.2) is 54.6 Å². The molecule has 0 N–H and O–H groups in total. The van der Waals surface area contributed by atoms with E-state index in [1.165, 1.54) is 0 Å². The highest BCUT2D eigenvalue weighted by atomic mass is 16.5. The lowest BCUT2D eigenvalue weighted by Crippen LogP contribution is -2.34. The summed E-state index contributed by atoms with van der Waals surface area (Å²) in [5.41, 5.74) is 1.50. The third kappa shape index (κ3) is 2.51. The van der Waals surface area contributed by atoms with Gasteiger partial charge in [-0.05, 0) is 29.7 Å². The van der Waals surface area contributed by atoms with Crippen LogP contribution in [0.5, 0.6) is 5.75 Å². The Hall–Kier alpha value is -2.29. The van der Waals surface area contributed by atoms with Crippen molar-refractivity contribution >= 4 is 5.97 Å². The number of cyclic esters (lactones) is 1. The Bertz CT molecular complexity index is 636. The van der Waals surface area contributed by atoms with Crippen LogP contribution in [0.1, 0.15) is 17.5 Å². The first-order valence-electron chi connectivity index (χ1n) is 7.10. The molecule has 0 radical (unpaired) electrons. The molecule has 0 bridgehead atoms. The van der Waals surface area contributed by atoms with Crippen LogP contribution in [0, 0.1) is 0 Å². The number of rotatable bonds is 4. The van der Waals surface area contributed by atoms with Crippen molar-refractivity contribution in [2.24, 2.45) is 0 Å². The molecule has 1 heterocycles. The molecule has 1 aliphatic rings. The Morgan fingerprint density at radius 2 is 1.95 bits per heavy atom. The van der Waals surface area contributed by atoms with Crippen molar-refractivity contribution in [1.82, 2.24) is 0 Å². The molecule has 2 aromatic rings. The maximum atomic E-state index is 12.4. The molecule has 0 unspecified atom stereocenters. The molecule has 0 saturated carbocycles. The highest BCUT2D eigenvalue weighted by molar-refractivity contribution is 5.85. The van der Waals surface area contributed by atoms with Gasteiger partial charge in [-0.15, -0.1) is 0 Å². The van der Waals surface area contributed by atoms with Crippen molar-refractivity contribution < 1.29 is 14.3 Å². The van der Waals surface area contributed by atoms with Gasteiger partial charge in [0.05, 0.1) is 13.7 Å². The Balaban J connectivity index is 2.03. The van der Waals surface area contributed by atoms with Crippen LogP contribution in [0.4, 0.5) is 0 Å². The van der Waals surface area contributed by atoms with E-state index in [-0.39, 0.29) is 5.97 Å². The van der Waals surface area contributed by atoms with Gasteiger partial charge in [-0.2, -0.15) is 0 Å². The van der Waals surface area contributed by atoms with Gasteiger partial charge in [-0.25, -0.2) is 0 Å². The smallest absolute Gasteiger partial charge is 0.317 e. The predicted molar refractivity (Wildman–Crippen MR) is 80.4 cm³/mol. The van der Waals surface area contributed by atoms with Crippen molar-refractivity contribution in [3.05, 3.63) is 65.7 Å². The van der Waals surface area contributed by atoms with E-state index in [9.17, 15) is 4.79 Å². The van der Waals surface area contributed by atoms with Gasteiger partial charge in [0.1, 0.15) is 11.2 Å². The van der Waals surface area contributed by atoms with Crippen LogP contribution in [0.3, 0.4) is 0 Å². The summed E-state index contributed by atoms with van der Waals surface area (Å²) in [4.78, 5) is 12.4. The fraction of sp³-hybridized carbons (Fsp3) is 0.278. The fourth-order valence-electron chi connectivity index (χ4n) is 2.95. The third-order valence-corrected chi connectivity index (χ3v) is 4.12. The van der Waals surface area contributed by atoms with Crippen molar-refractivity contribution in [2.75, 3.05) is 13.7 Å². The van der Waals surface area contributed by atoms with E-state index < -0.39 is 5.41 Å². The van der Waals surface area contributed by atoms with E-state index >= 15 is 0 Å². The maximum Gasteiger partial charge on any atom is 0.317 e. The molecule has 108 valence electrons. The second-order valence-corrected chi connectivity index (χ2v) is 5.36. The summed E-state index contributed by atoms with van der Waals surface area (Å²) in [6.45, 7) is 0.475. The van der Waals surface area contributed by atoms with Gasteiger partial charge in [-0.3, -0.25) is 4.79 Å². The molecule has 0 amide bonds. The minimum Gasteiger partial charge on any atom is -0.497 e. The van der Waals surface area contributed by atoms with Crippen LogP contribution in [-0.2, 0) is 21.4 Å². The molecule has 1 saturated heterocycles. The minimum absolute atomic E-state index is 0.139. The van der Waals surface area contributed by atoms with Gasteiger partial charge >= 0.3 is 5.97 Å². The second kappa shape index (κ2) is 5.60. The lowest BCUT2D eigenvalue weighted by Gasteiger charge is -2.25. The molecule has 1 atom stereocenters. The van der Waals surface area contributed by atoms with Crippen LogP contribution in [0.2, 0.25) is 0 Å². The Morgan fingerprint density at radius 3 is 2.62 bits per heavy atom. The summed E-state index contributed by atoms with van der Waals surface area (Å²) >= 11 is 0. The van der Waals surface area contributed by atoms with Crippen molar-refractivity contribution in [3.8, 4) is 5.75 Å². The van der Waals surface area contributed by atoms with Crippen molar-refractivity contribution in [1.29, 1.82) is 0 Å². The summed E-state index contributed by atoms with van der Waals surface area (Å²) in [5, 5.41) is 0. The normalized spacial score (nSPS) is 21.1. The Kier molecular flexibility index (Phi) is 3.65. The first kappa shape index (κ1) is 13.7. The molecular formula is C18H18O3. The number of hydrogen-bond acceptors (Lipinski definition) is 3. The van der Waals surface area contributed by atoms with Gasteiger partial charge in [0.15, 0.2) is 0 Å². The molecule has 3 heteroatoms. The number of benzene rings is 2. The summed E-state index contributed by atoms with van der Waals surface area (Å²) in [7, 11) is 1.63. The zero-order chi connectivity index (χ0) is 14.7. The monoisotopic (exact) mass is 282 g/mol. The van der Waals surface area contributed by atoms with Crippen LogP contribution < -0.4 is 4.74 Å². The largest absolute Gasteiger partial charge is 0.497 e. The molecule has 3 nitrogen and oxygen atoms in total. The topological polar surface area (TPSA) is 35.5 Å². The van der Waals surface area contributed by atoms with E-state index in [1.807, 2.05) is 54.6 Å². The number of ether oxygens (including phenoxy) is 2. The lowest BCUT2D eigenvalue weighted by molar-refractivity contribution is -0.142. The average molecular weight is 282 g/mol. The van der Waals surface area contributed by atoms with Gasteiger partial charge in [-0.1, -0.05) is 42.5 Å².